The lowest BCUT2D eigenvalue weighted by Crippen LogP contribution is -2.51. The maximum atomic E-state index is 5.98. The van der Waals surface area contributed by atoms with Gasteiger partial charge in [-0.1, -0.05) is 26.8 Å². The Bertz CT molecular complexity index is 323. The summed E-state index contributed by atoms with van der Waals surface area (Å²) in [6.45, 7) is 9.65. The summed E-state index contributed by atoms with van der Waals surface area (Å²) in [5.74, 6) is -0.796. The molecule has 1 aliphatic rings. The number of hydrogen-bond donors (Lipinski definition) is 0. The summed E-state index contributed by atoms with van der Waals surface area (Å²) >= 11 is 0. The van der Waals surface area contributed by atoms with E-state index in [1.54, 1.807) is 5.01 Å². The fourth-order valence-corrected chi connectivity index (χ4v) is 1.76. The van der Waals surface area contributed by atoms with Crippen molar-refractivity contribution in [3.05, 3.63) is 12.2 Å². The quantitative estimate of drug-likeness (QED) is 0.439. The van der Waals surface area contributed by atoms with Crippen LogP contribution in [0.1, 0.15) is 34.1 Å². The van der Waals surface area contributed by atoms with E-state index >= 15 is 0 Å². The third-order valence-electron chi connectivity index (χ3n) is 2.78. The molecule has 1 rings (SSSR count). The molecule has 1 aliphatic heterocycles. The SMILES string of the molecule is CC/C=C/C1(/C(C)=N/N(C)C)OCC(C)(C)CO1. The minimum atomic E-state index is -0.796. The van der Waals surface area contributed by atoms with E-state index in [0.717, 1.165) is 12.1 Å². The normalized spacial score (nSPS) is 23.3. The van der Waals surface area contributed by atoms with E-state index in [-0.39, 0.29) is 5.41 Å². The van der Waals surface area contributed by atoms with Crippen molar-refractivity contribution < 1.29 is 9.47 Å². The Morgan fingerprint density at radius 2 is 1.83 bits per heavy atom. The first-order valence-corrected chi connectivity index (χ1v) is 6.50. The van der Waals surface area contributed by atoms with Crippen LogP contribution >= 0.6 is 0 Å². The Labute approximate surface area is 111 Å². The van der Waals surface area contributed by atoms with Crippen molar-refractivity contribution in [2.75, 3.05) is 27.3 Å². The van der Waals surface area contributed by atoms with Gasteiger partial charge in [0, 0.05) is 19.5 Å². The number of ether oxygens (including phenoxy) is 2. The molecule has 104 valence electrons. The van der Waals surface area contributed by atoms with Crippen LogP contribution < -0.4 is 0 Å². The van der Waals surface area contributed by atoms with E-state index in [0.29, 0.717) is 13.2 Å². The third-order valence-corrected chi connectivity index (χ3v) is 2.78. The number of hydrazone groups is 1. The summed E-state index contributed by atoms with van der Waals surface area (Å²) in [5.41, 5.74) is 0.884. The lowest BCUT2D eigenvalue weighted by Gasteiger charge is -2.41. The van der Waals surface area contributed by atoms with Crippen LogP contribution in [0.3, 0.4) is 0 Å². The van der Waals surface area contributed by atoms with Crippen molar-refractivity contribution in [2.24, 2.45) is 10.5 Å². The molecule has 1 heterocycles. The minimum absolute atomic E-state index is 0.0575. The van der Waals surface area contributed by atoms with Crippen molar-refractivity contribution >= 4 is 5.71 Å². The van der Waals surface area contributed by atoms with Gasteiger partial charge < -0.3 is 14.5 Å². The topological polar surface area (TPSA) is 34.1 Å². The second kappa shape index (κ2) is 5.85. The van der Waals surface area contributed by atoms with Gasteiger partial charge in [0.15, 0.2) is 0 Å². The molecule has 0 aromatic rings. The second-order valence-electron chi connectivity index (χ2n) is 5.75. The first kappa shape index (κ1) is 15.2. The summed E-state index contributed by atoms with van der Waals surface area (Å²) in [6, 6.07) is 0. The van der Waals surface area contributed by atoms with Crippen LogP contribution in [-0.4, -0.2) is 43.8 Å². The van der Waals surface area contributed by atoms with Gasteiger partial charge in [0.1, 0.15) is 0 Å². The molecule has 0 radical (unpaired) electrons. The maximum absolute atomic E-state index is 5.98. The van der Waals surface area contributed by atoms with Gasteiger partial charge in [-0.25, -0.2) is 0 Å². The van der Waals surface area contributed by atoms with Crippen LogP contribution in [0, 0.1) is 5.41 Å². The number of hydrogen-bond acceptors (Lipinski definition) is 4. The largest absolute Gasteiger partial charge is 0.341 e. The van der Waals surface area contributed by atoms with E-state index in [2.05, 4.69) is 31.9 Å². The Morgan fingerprint density at radius 3 is 2.28 bits per heavy atom. The average molecular weight is 254 g/mol. The van der Waals surface area contributed by atoms with Crippen LogP contribution in [-0.2, 0) is 9.47 Å². The van der Waals surface area contributed by atoms with Crippen molar-refractivity contribution in [3.8, 4) is 0 Å². The lowest BCUT2D eigenvalue weighted by molar-refractivity contribution is -0.234. The molecule has 0 bridgehead atoms. The molecular formula is C14H26N2O2. The number of nitrogens with zero attached hydrogens (tertiary/aromatic N) is 2. The summed E-state index contributed by atoms with van der Waals surface area (Å²) in [4.78, 5) is 0. The Morgan fingerprint density at radius 1 is 1.28 bits per heavy atom. The molecule has 1 saturated heterocycles. The zero-order chi connectivity index (χ0) is 13.8. The van der Waals surface area contributed by atoms with Gasteiger partial charge in [0.25, 0.3) is 0 Å². The standard InChI is InChI=1S/C14H26N2O2/c1-7-8-9-14(12(2)15-16(5)6)17-10-13(3,4)11-18-14/h8-9H,7,10-11H2,1-6H3/b9-8+,15-12+. The smallest absolute Gasteiger partial charge is 0.230 e. The van der Waals surface area contributed by atoms with Crippen molar-refractivity contribution in [2.45, 2.75) is 39.9 Å². The van der Waals surface area contributed by atoms with Gasteiger partial charge in [0.2, 0.25) is 5.79 Å². The van der Waals surface area contributed by atoms with Gasteiger partial charge in [-0.15, -0.1) is 0 Å². The van der Waals surface area contributed by atoms with E-state index in [4.69, 9.17) is 9.47 Å². The van der Waals surface area contributed by atoms with E-state index in [1.807, 2.05) is 27.1 Å². The number of allylic oxidation sites excluding steroid dienone is 1. The summed E-state index contributed by atoms with van der Waals surface area (Å²) in [7, 11) is 3.79. The Balaban J connectivity index is 2.95. The van der Waals surface area contributed by atoms with Crippen LogP contribution in [0.25, 0.3) is 0 Å². The fourth-order valence-electron chi connectivity index (χ4n) is 1.76. The highest BCUT2D eigenvalue weighted by atomic mass is 16.7. The second-order valence-corrected chi connectivity index (χ2v) is 5.75. The van der Waals surface area contributed by atoms with Crippen LogP contribution in [0.2, 0.25) is 0 Å². The molecule has 18 heavy (non-hydrogen) atoms. The Hall–Kier alpha value is -0.870. The fraction of sp³-hybridized carbons (Fsp3) is 0.786. The predicted molar refractivity (Wildman–Crippen MR) is 74.6 cm³/mol. The molecular weight excluding hydrogens is 228 g/mol. The molecule has 1 fully saturated rings. The third kappa shape index (κ3) is 3.82. The molecule has 4 heteroatoms. The molecule has 4 nitrogen and oxygen atoms in total. The van der Waals surface area contributed by atoms with E-state index < -0.39 is 5.79 Å². The highest BCUT2D eigenvalue weighted by molar-refractivity contribution is 5.90. The molecule has 0 aromatic carbocycles. The molecule has 0 spiro atoms. The highest BCUT2D eigenvalue weighted by Gasteiger charge is 2.41. The summed E-state index contributed by atoms with van der Waals surface area (Å²) in [5, 5.41) is 6.19. The van der Waals surface area contributed by atoms with Gasteiger partial charge in [-0.3, -0.25) is 0 Å². The molecule has 0 unspecified atom stereocenters. The van der Waals surface area contributed by atoms with Crippen LogP contribution in [0.4, 0.5) is 0 Å². The zero-order valence-electron chi connectivity index (χ0n) is 12.5. The maximum Gasteiger partial charge on any atom is 0.230 e. The van der Waals surface area contributed by atoms with Crippen LogP contribution in [0.5, 0.6) is 0 Å². The molecule has 0 aromatic heterocycles. The molecule has 0 atom stereocenters. The highest BCUT2D eigenvalue weighted by Crippen LogP contribution is 2.31. The molecule has 0 amide bonds. The van der Waals surface area contributed by atoms with E-state index in [9.17, 15) is 0 Å². The van der Waals surface area contributed by atoms with Gasteiger partial charge in [-0.05, 0) is 19.4 Å². The molecule has 0 aliphatic carbocycles. The molecule has 0 N–H and O–H groups in total. The van der Waals surface area contributed by atoms with Gasteiger partial charge in [0.05, 0.1) is 18.9 Å². The van der Waals surface area contributed by atoms with E-state index in [1.165, 1.54) is 0 Å². The first-order valence-electron chi connectivity index (χ1n) is 6.50. The minimum Gasteiger partial charge on any atom is -0.341 e. The predicted octanol–water partition coefficient (Wildman–Crippen LogP) is 2.66. The van der Waals surface area contributed by atoms with Crippen molar-refractivity contribution in [3.63, 3.8) is 0 Å². The molecule has 0 saturated carbocycles. The van der Waals surface area contributed by atoms with Gasteiger partial charge in [-0.2, -0.15) is 5.10 Å². The van der Waals surface area contributed by atoms with Crippen molar-refractivity contribution in [1.82, 2.24) is 5.01 Å². The summed E-state index contributed by atoms with van der Waals surface area (Å²) in [6.07, 6.45) is 4.99. The van der Waals surface area contributed by atoms with Crippen molar-refractivity contribution in [1.29, 1.82) is 0 Å². The van der Waals surface area contributed by atoms with Crippen LogP contribution in [0.15, 0.2) is 17.3 Å². The van der Waals surface area contributed by atoms with Gasteiger partial charge >= 0.3 is 0 Å². The lowest BCUT2D eigenvalue weighted by atomic mass is 9.94. The first-order chi connectivity index (χ1) is 8.31. The average Bonchev–Trinajstić information content (AvgIpc) is 2.27. The monoisotopic (exact) mass is 254 g/mol. The Kier molecular flexibility index (Phi) is 4.93. The zero-order valence-corrected chi connectivity index (χ0v) is 12.5. The number of rotatable bonds is 4. The summed E-state index contributed by atoms with van der Waals surface area (Å²) < 4.78 is 12.0.